The molecule has 1 N–H and O–H groups in total. The summed E-state index contributed by atoms with van der Waals surface area (Å²) in [6, 6.07) is 9.62. The van der Waals surface area contributed by atoms with Crippen molar-refractivity contribution >= 4 is 34.7 Å². The normalized spacial score (nSPS) is 16.6. The minimum Gasteiger partial charge on any atom is -0.483 e. The summed E-state index contributed by atoms with van der Waals surface area (Å²) in [7, 11) is 0. The van der Waals surface area contributed by atoms with Gasteiger partial charge in [-0.25, -0.2) is 4.98 Å². The lowest BCUT2D eigenvalue weighted by Crippen LogP contribution is -2.55. The highest BCUT2D eigenvalue weighted by Gasteiger charge is 2.31. The third-order valence-corrected chi connectivity index (χ3v) is 5.18. The summed E-state index contributed by atoms with van der Waals surface area (Å²) in [5, 5.41) is 3.75. The molecule has 29 heavy (non-hydrogen) atoms. The average molecular weight is 389 g/mol. The van der Waals surface area contributed by atoms with Crippen molar-refractivity contribution < 1.29 is 18.7 Å². The number of ether oxygens (including phenoxy) is 1. The third-order valence-electron chi connectivity index (χ3n) is 5.18. The summed E-state index contributed by atoms with van der Waals surface area (Å²) in [6.45, 7) is 1.07. The number of anilines is 1. The molecule has 0 aliphatic carbocycles. The summed E-state index contributed by atoms with van der Waals surface area (Å²) in [5.41, 5.74) is 2.56. The maximum Gasteiger partial charge on any atom is 0.246 e. The van der Waals surface area contributed by atoms with Crippen LogP contribution in [0.2, 0.25) is 0 Å². The second kappa shape index (κ2) is 7.09. The van der Waals surface area contributed by atoms with E-state index in [-0.39, 0.29) is 17.9 Å². The number of fused-ring (bicyclic) bond motifs is 2. The van der Waals surface area contributed by atoms with E-state index in [1.165, 1.54) is 0 Å². The Hall–Kier alpha value is -3.61. The van der Waals surface area contributed by atoms with E-state index in [4.69, 9.17) is 9.15 Å². The van der Waals surface area contributed by atoms with Gasteiger partial charge in [0.2, 0.25) is 11.8 Å². The highest BCUT2D eigenvalue weighted by atomic mass is 16.5. The van der Waals surface area contributed by atoms with Crippen molar-refractivity contribution in [2.75, 3.05) is 18.4 Å². The molecule has 0 radical (unpaired) electrons. The number of para-hydroxylation sites is 1. The van der Waals surface area contributed by atoms with Gasteiger partial charge in [0.1, 0.15) is 11.9 Å². The molecule has 0 saturated carbocycles. The van der Waals surface area contributed by atoms with Crippen molar-refractivity contribution in [3.63, 3.8) is 0 Å². The van der Waals surface area contributed by atoms with Crippen LogP contribution in [0.15, 0.2) is 53.3 Å². The first kappa shape index (κ1) is 17.5. The zero-order valence-electron chi connectivity index (χ0n) is 15.6. The molecule has 3 aromatic rings. The number of rotatable bonds is 4. The lowest BCUT2D eigenvalue weighted by atomic mass is 10.0. The van der Waals surface area contributed by atoms with Gasteiger partial charge in [-0.05, 0) is 41.8 Å². The van der Waals surface area contributed by atoms with Gasteiger partial charge in [-0.3, -0.25) is 9.59 Å². The van der Waals surface area contributed by atoms with Gasteiger partial charge in [0.05, 0.1) is 19.4 Å². The van der Waals surface area contributed by atoms with Crippen molar-refractivity contribution in [1.82, 2.24) is 9.88 Å². The number of carbonyl (C=O) groups is 2. The van der Waals surface area contributed by atoms with Crippen LogP contribution in [-0.4, -0.2) is 40.9 Å². The molecular weight excluding hydrogens is 370 g/mol. The van der Waals surface area contributed by atoms with Crippen LogP contribution in [0.25, 0.3) is 17.0 Å². The number of carbonyl (C=O) groups excluding carboxylic acids is 2. The molecule has 7 nitrogen and oxygen atoms in total. The van der Waals surface area contributed by atoms with E-state index in [2.05, 4.69) is 10.3 Å². The molecule has 0 bridgehead atoms. The smallest absolute Gasteiger partial charge is 0.246 e. The Balaban J connectivity index is 1.18. The fraction of sp³-hybridized carbons (Fsp3) is 0.227. The third kappa shape index (κ3) is 3.47. The molecular formula is C22H19N3O4. The van der Waals surface area contributed by atoms with Gasteiger partial charge in [0, 0.05) is 24.1 Å². The summed E-state index contributed by atoms with van der Waals surface area (Å²) >= 11 is 0. The number of benzene rings is 1. The molecule has 1 fully saturated rings. The Morgan fingerprint density at radius 3 is 3.07 bits per heavy atom. The number of aryl methyl sites for hydroxylation is 1. The monoisotopic (exact) mass is 389 g/mol. The van der Waals surface area contributed by atoms with E-state index in [1.54, 1.807) is 29.5 Å². The number of hydrogen-bond acceptors (Lipinski definition) is 5. The largest absolute Gasteiger partial charge is 0.483 e. The summed E-state index contributed by atoms with van der Waals surface area (Å²) < 4.78 is 11.5. The summed E-state index contributed by atoms with van der Waals surface area (Å²) in [5.74, 6) is 1.24. The average Bonchev–Trinajstić information content (AvgIpc) is 3.18. The Morgan fingerprint density at radius 2 is 2.17 bits per heavy atom. The van der Waals surface area contributed by atoms with Crippen molar-refractivity contribution in [3.8, 4) is 5.75 Å². The second-order valence-corrected chi connectivity index (χ2v) is 7.24. The van der Waals surface area contributed by atoms with Gasteiger partial charge in [-0.15, -0.1) is 0 Å². The van der Waals surface area contributed by atoms with Gasteiger partial charge in [0.15, 0.2) is 11.3 Å². The Morgan fingerprint density at radius 1 is 1.28 bits per heavy atom. The number of nitrogens with zero attached hydrogens (tertiary/aromatic N) is 2. The first-order valence-corrected chi connectivity index (χ1v) is 9.54. The van der Waals surface area contributed by atoms with Crippen LogP contribution >= 0.6 is 0 Å². The van der Waals surface area contributed by atoms with Gasteiger partial charge in [0.25, 0.3) is 0 Å². The first-order valence-electron chi connectivity index (χ1n) is 9.54. The quantitative estimate of drug-likeness (QED) is 0.694. The van der Waals surface area contributed by atoms with E-state index < -0.39 is 0 Å². The van der Waals surface area contributed by atoms with Crippen LogP contribution < -0.4 is 10.1 Å². The Kier molecular flexibility index (Phi) is 4.27. The molecule has 146 valence electrons. The number of pyridine rings is 1. The predicted octanol–water partition coefficient (Wildman–Crippen LogP) is 3.02. The Labute approximate surface area is 167 Å². The van der Waals surface area contributed by atoms with Crippen LogP contribution in [0.4, 0.5) is 5.82 Å². The van der Waals surface area contributed by atoms with Crippen LogP contribution in [0, 0.1) is 0 Å². The standard InChI is InChI=1S/C22H19N3O4/c26-19-6-5-16-10-14(11-23-22(16)24-19)4-7-20(27)25-12-17(13-25)29-18-3-1-2-15-8-9-28-21(15)18/h1-4,7-11,17H,5-6,12-13H2,(H,23,24,26)/b7-4+. The molecule has 2 amide bonds. The fourth-order valence-electron chi connectivity index (χ4n) is 3.57. The van der Waals surface area contributed by atoms with Crippen molar-refractivity contribution in [1.29, 1.82) is 0 Å². The van der Waals surface area contributed by atoms with Crippen LogP contribution in [0.5, 0.6) is 5.75 Å². The number of amides is 2. The van der Waals surface area contributed by atoms with Crippen molar-refractivity contribution in [2.24, 2.45) is 0 Å². The lowest BCUT2D eigenvalue weighted by Gasteiger charge is -2.38. The topological polar surface area (TPSA) is 84.7 Å². The molecule has 5 rings (SSSR count). The van der Waals surface area contributed by atoms with E-state index in [9.17, 15) is 9.59 Å². The highest BCUT2D eigenvalue weighted by molar-refractivity contribution is 5.94. The van der Waals surface area contributed by atoms with E-state index in [0.717, 1.165) is 22.1 Å². The molecule has 2 aliphatic rings. The second-order valence-electron chi connectivity index (χ2n) is 7.24. The maximum absolute atomic E-state index is 12.4. The molecule has 4 heterocycles. The van der Waals surface area contributed by atoms with Crippen LogP contribution in [0.1, 0.15) is 17.5 Å². The van der Waals surface area contributed by atoms with Gasteiger partial charge in [-0.2, -0.15) is 0 Å². The van der Waals surface area contributed by atoms with E-state index >= 15 is 0 Å². The van der Waals surface area contributed by atoms with Gasteiger partial charge >= 0.3 is 0 Å². The van der Waals surface area contributed by atoms with Gasteiger partial charge in [-0.1, -0.05) is 12.1 Å². The van der Waals surface area contributed by atoms with E-state index in [1.807, 2.05) is 30.3 Å². The molecule has 7 heteroatoms. The molecule has 0 atom stereocenters. The lowest BCUT2D eigenvalue weighted by molar-refractivity contribution is -0.134. The number of likely N-dealkylation sites (tertiary alicyclic amines) is 1. The maximum atomic E-state index is 12.4. The molecule has 0 spiro atoms. The van der Waals surface area contributed by atoms with Crippen molar-refractivity contribution in [2.45, 2.75) is 18.9 Å². The summed E-state index contributed by atoms with van der Waals surface area (Å²) in [4.78, 5) is 29.8. The van der Waals surface area contributed by atoms with Crippen LogP contribution in [-0.2, 0) is 16.0 Å². The minimum atomic E-state index is -0.0629. The zero-order valence-corrected chi connectivity index (χ0v) is 15.6. The van der Waals surface area contributed by atoms with Gasteiger partial charge < -0.3 is 19.4 Å². The first-order chi connectivity index (χ1) is 14.2. The molecule has 2 aliphatic heterocycles. The number of furan rings is 1. The Bertz CT molecular complexity index is 1130. The van der Waals surface area contributed by atoms with Crippen molar-refractivity contribution in [3.05, 3.63) is 60.0 Å². The zero-order chi connectivity index (χ0) is 19.8. The number of nitrogens with one attached hydrogen (secondary N) is 1. The molecule has 0 unspecified atom stereocenters. The number of aromatic nitrogens is 1. The fourth-order valence-corrected chi connectivity index (χ4v) is 3.57. The van der Waals surface area contributed by atoms with Crippen LogP contribution in [0.3, 0.4) is 0 Å². The molecule has 1 saturated heterocycles. The predicted molar refractivity (Wildman–Crippen MR) is 107 cm³/mol. The molecule has 1 aromatic carbocycles. The highest BCUT2D eigenvalue weighted by Crippen LogP contribution is 2.29. The molecule has 2 aromatic heterocycles. The summed E-state index contributed by atoms with van der Waals surface area (Å²) in [6.07, 6.45) is 7.68. The number of hydrogen-bond donors (Lipinski definition) is 1. The minimum absolute atomic E-state index is 0.0127. The SMILES string of the molecule is O=C1CCc2cc(/C=C/C(=O)N3CC(Oc4cccc5ccoc45)C3)cnc2N1. The van der Waals surface area contributed by atoms with E-state index in [0.29, 0.717) is 37.5 Å².